The molecule has 1 aromatic carbocycles. The number of carbonyl (C=O) groups excluding carboxylic acids is 2. The Morgan fingerprint density at radius 2 is 1.89 bits per heavy atom. The molecule has 9 nitrogen and oxygen atoms in total. The number of rotatable bonds is 6. The monoisotopic (exact) mass is 541 g/mol. The number of hydrogen-bond acceptors (Lipinski definition) is 7. The first-order valence-electron chi connectivity index (χ1n) is 13.4. The van der Waals surface area contributed by atoms with Crippen molar-refractivity contribution in [3.63, 3.8) is 0 Å². The summed E-state index contributed by atoms with van der Waals surface area (Å²) in [6.07, 6.45) is 4.66. The van der Waals surface area contributed by atoms with Crippen LogP contribution in [0.15, 0.2) is 42.6 Å². The molecule has 2 N–H and O–H groups in total. The molecule has 3 aliphatic heterocycles. The van der Waals surface area contributed by atoms with Crippen LogP contribution in [0.25, 0.3) is 0 Å². The molecule has 2 amide bonds. The van der Waals surface area contributed by atoms with Crippen LogP contribution in [-0.2, 0) is 14.3 Å². The fourth-order valence-electron chi connectivity index (χ4n) is 5.77. The van der Waals surface area contributed by atoms with E-state index in [4.69, 9.17) is 26.8 Å². The predicted molar refractivity (Wildman–Crippen MR) is 146 cm³/mol. The normalized spacial score (nSPS) is 24.0. The number of nitrogen functional groups attached to an aromatic ring is 1. The molecule has 10 heteroatoms. The van der Waals surface area contributed by atoms with Gasteiger partial charge in [-0.2, -0.15) is 0 Å². The van der Waals surface area contributed by atoms with Crippen molar-refractivity contribution >= 4 is 35.1 Å². The fourth-order valence-corrected chi connectivity index (χ4v) is 5.90. The lowest BCUT2D eigenvalue weighted by Crippen LogP contribution is -2.45. The lowest BCUT2D eigenvalue weighted by atomic mass is 9.93. The standard InChI is InChI=1S/C28H36ClN5O4/c1-32(28(36)38-18-23-3-2-14-37-23)25-17-34(16-24(25)19-4-6-21(29)7-5-19)27(35)20-10-12-33(13-11-20)26-9-8-22(30)15-31-26/h4-9,15,20,23-25H,2-3,10-14,16-18,30H2,1H3/t23?,24-,25+/m0/s1. The lowest BCUT2D eigenvalue weighted by Gasteiger charge is -2.34. The van der Waals surface area contributed by atoms with Gasteiger partial charge in [-0.3, -0.25) is 4.79 Å². The highest BCUT2D eigenvalue weighted by Gasteiger charge is 2.42. The third-order valence-electron chi connectivity index (χ3n) is 8.04. The van der Waals surface area contributed by atoms with Gasteiger partial charge in [0, 0.05) is 56.7 Å². The van der Waals surface area contributed by atoms with E-state index in [-0.39, 0.29) is 42.6 Å². The highest BCUT2D eigenvalue weighted by Crippen LogP contribution is 2.34. The van der Waals surface area contributed by atoms with Crippen LogP contribution in [0.2, 0.25) is 5.02 Å². The first-order valence-corrected chi connectivity index (χ1v) is 13.8. The van der Waals surface area contributed by atoms with Crippen LogP contribution < -0.4 is 10.6 Å². The summed E-state index contributed by atoms with van der Waals surface area (Å²) in [7, 11) is 1.76. The number of amides is 2. The number of hydrogen-bond donors (Lipinski definition) is 1. The molecule has 4 heterocycles. The fraction of sp³-hybridized carbons (Fsp3) is 0.536. The van der Waals surface area contributed by atoms with Crippen LogP contribution in [0.1, 0.15) is 37.2 Å². The molecule has 3 aliphatic rings. The van der Waals surface area contributed by atoms with Crippen molar-refractivity contribution in [1.29, 1.82) is 0 Å². The lowest BCUT2D eigenvalue weighted by molar-refractivity contribution is -0.135. The highest BCUT2D eigenvalue weighted by atomic mass is 35.5. The summed E-state index contributed by atoms with van der Waals surface area (Å²) >= 11 is 6.14. The van der Waals surface area contributed by atoms with Crippen molar-refractivity contribution in [2.45, 2.75) is 43.7 Å². The van der Waals surface area contributed by atoms with Gasteiger partial charge in [-0.1, -0.05) is 23.7 Å². The number of likely N-dealkylation sites (N-methyl/N-ethyl adjacent to an activating group) is 1. The van der Waals surface area contributed by atoms with E-state index in [2.05, 4.69) is 9.88 Å². The van der Waals surface area contributed by atoms with Crippen molar-refractivity contribution in [2.24, 2.45) is 5.92 Å². The SMILES string of the molecule is CN(C(=O)OCC1CCCO1)[C@@H]1CN(C(=O)C2CCN(c3ccc(N)cn3)CC2)C[C@H]1c1ccc(Cl)cc1. The number of anilines is 2. The van der Waals surface area contributed by atoms with E-state index in [1.165, 1.54) is 0 Å². The second kappa shape index (κ2) is 11.8. The molecule has 5 rings (SSSR count). The molecule has 3 fully saturated rings. The second-order valence-corrected chi connectivity index (χ2v) is 10.9. The Hall–Kier alpha value is -3.04. The summed E-state index contributed by atoms with van der Waals surface area (Å²) in [4.78, 5) is 36.9. The number of pyridine rings is 1. The van der Waals surface area contributed by atoms with E-state index < -0.39 is 0 Å². The van der Waals surface area contributed by atoms with Gasteiger partial charge in [-0.05, 0) is 55.5 Å². The molecule has 1 unspecified atom stereocenters. The Bertz CT molecular complexity index is 1100. The molecule has 0 bridgehead atoms. The van der Waals surface area contributed by atoms with Gasteiger partial charge in [0.05, 0.1) is 24.0 Å². The minimum atomic E-state index is -0.386. The maximum atomic E-state index is 13.7. The molecular formula is C28H36ClN5O4. The summed E-state index contributed by atoms with van der Waals surface area (Å²) in [5, 5.41) is 0.655. The van der Waals surface area contributed by atoms with Crippen LogP contribution in [0.4, 0.5) is 16.3 Å². The summed E-state index contributed by atoms with van der Waals surface area (Å²) < 4.78 is 11.2. The minimum absolute atomic E-state index is 0.0319. The zero-order valence-electron chi connectivity index (χ0n) is 21.8. The molecule has 38 heavy (non-hydrogen) atoms. The van der Waals surface area contributed by atoms with Gasteiger partial charge < -0.3 is 29.9 Å². The van der Waals surface area contributed by atoms with Crippen molar-refractivity contribution in [3.05, 3.63) is 53.2 Å². The third-order valence-corrected chi connectivity index (χ3v) is 8.29. The van der Waals surface area contributed by atoms with Gasteiger partial charge in [0.25, 0.3) is 0 Å². The zero-order valence-corrected chi connectivity index (χ0v) is 22.6. The number of nitrogens with zero attached hydrogens (tertiary/aromatic N) is 4. The Kier molecular flexibility index (Phi) is 8.24. The zero-order chi connectivity index (χ0) is 26.6. The van der Waals surface area contributed by atoms with E-state index in [0.717, 1.165) is 50.2 Å². The van der Waals surface area contributed by atoms with E-state index in [0.29, 0.717) is 30.4 Å². The number of benzene rings is 1. The highest BCUT2D eigenvalue weighted by molar-refractivity contribution is 6.30. The third kappa shape index (κ3) is 5.99. The van der Waals surface area contributed by atoms with Crippen LogP contribution >= 0.6 is 11.6 Å². The molecule has 1 aromatic heterocycles. The van der Waals surface area contributed by atoms with Gasteiger partial charge in [-0.25, -0.2) is 9.78 Å². The number of piperidine rings is 1. The number of ether oxygens (including phenoxy) is 2. The quantitative estimate of drug-likeness (QED) is 0.594. The van der Waals surface area contributed by atoms with Crippen LogP contribution in [0, 0.1) is 5.92 Å². The van der Waals surface area contributed by atoms with Crippen LogP contribution in [0.5, 0.6) is 0 Å². The molecule has 0 aliphatic carbocycles. The average Bonchev–Trinajstić information content (AvgIpc) is 3.63. The van der Waals surface area contributed by atoms with Gasteiger partial charge >= 0.3 is 6.09 Å². The number of nitrogens with two attached hydrogens (primary N) is 1. The number of carbonyl (C=O) groups is 2. The average molecular weight is 542 g/mol. The maximum absolute atomic E-state index is 13.7. The Labute approximate surface area is 228 Å². The van der Waals surface area contributed by atoms with Gasteiger partial charge in [0.15, 0.2) is 0 Å². The molecule has 3 saturated heterocycles. The molecule has 0 spiro atoms. The van der Waals surface area contributed by atoms with Crippen molar-refractivity contribution in [1.82, 2.24) is 14.8 Å². The van der Waals surface area contributed by atoms with Crippen LogP contribution in [-0.4, -0.2) is 85.4 Å². The topological polar surface area (TPSA) is 101 Å². The van der Waals surface area contributed by atoms with Gasteiger partial charge in [0.1, 0.15) is 12.4 Å². The van der Waals surface area contributed by atoms with Crippen molar-refractivity contribution in [2.75, 3.05) is 57.1 Å². The predicted octanol–water partition coefficient (Wildman–Crippen LogP) is 3.78. The second-order valence-electron chi connectivity index (χ2n) is 10.5. The van der Waals surface area contributed by atoms with Crippen molar-refractivity contribution in [3.8, 4) is 0 Å². The van der Waals surface area contributed by atoms with E-state index >= 15 is 0 Å². The number of halogens is 1. The Morgan fingerprint density at radius 1 is 1.13 bits per heavy atom. The van der Waals surface area contributed by atoms with Gasteiger partial charge in [-0.15, -0.1) is 0 Å². The first-order chi connectivity index (χ1) is 18.4. The molecule has 3 atom stereocenters. The first kappa shape index (κ1) is 26.6. The molecule has 0 saturated carbocycles. The summed E-state index contributed by atoms with van der Waals surface area (Å²) in [6.45, 7) is 3.52. The summed E-state index contributed by atoms with van der Waals surface area (Å²) in [5.74, 6) is 0.951. The van der Waals surface area contributed by atoms with Crippen LogP contribution in [0.3, 0.4) is 0 Å². The maximum Gasteiger partial charge on any atom is 0.409 e. The number of likely N-dealkylation sites (tertiary alicyclic amines) is 1. The smallest absolute Gasteiger partial charge is 0.409 e. The Morgan fingerprint density at radius 3 is 2.55 bits per heavy atom. The molecule has 2 aromatic rings. The Balaban J connectivity index is 1.24. The molecule has 0 radical (unpaired) electrons. The largest absolute Gasteiger partial charge is 0.447 e. The number of aromatic nitrogens is 1. The molecule has 204 valence electrons. The van der Waals surface area contributed by atoms with E-state index in [1.807, 2.05) is 41.3 Å². The van der Waals surface area contributed by atoms with E-state index in [1.54, 1.807) is 18.1 Å². The summed E-state index contributed by atoms with van der Waals surface area (Å²) in [6, 6.07) is 11.3. The minimum Gasteiger partial charge on any atom is -0.447 e. The van der Waals surface area contributed by atoms with Crippen molar-refractivity contribution < 1.29 is 19.1 Å². The molecular weight excluding hydrogens is 506 g/mol. The van der Waals surface area contributed by atoms with E-state index in [9.17, 15) is 9.59 Å². The summed E-state index contributed by atoms with van der Waals surface area (Å²) in [5.41, 5.74) is 7.46. The van der Waals surface area contributed by atoms with Gasteiger partial charge in [0.2, 0.25) is 5.91 Å².